The second-order valence-electron chi connectivity index (χ2n) is 9.57. The molecule has 6 rings (SSSR count). The number of rotatable bonds is 8. The van der Waals surface area contributed by atoms with Crippen LogP contribution in [0.5, 0.6) is 0 Å². The molecule has 182 valence electrons. The highest BCUT2D eigenvalue weighted by atomic mass is 15.4. The van der Waals surface area contributed by atoms with Crippen molar-refractivity contribution in [3.63, 3.8) is 0 Å². The molecule has 0 aliphatic carbocycles. The van der Waals surface area contributed by atoms with Gasteiger partial charge in [0, 0.05) is 30.1 Å². The molecule has 0 saturated carbocycles. The van der Waals surface area contributed by atoms with E-state index in [4.69, 9.17) is 10.1 Å². The maximum Gasteiger partial charge on any atom is 0.247 e. The molecule has 0 spiro atoms. The zero-order valence-corrected chi connectivity index (χ0v) is 20.6. The van der Waals surface area contributed by atoms with Crippen LogP contribution in [-0.4, -0.2) is 48.9 Å². The number of nitrogens with zero attached hydrogens (tertiary/aromatic N) is 6. The quantitative estimate of drug-likeness (QED) is 0.317. The highest BCUT2D eigenvalue weighted by Gasteiger charge is 2.12. The SMILES string of the molecule is Cn1cc(-c2ccc(-c3cccc4nc(Nc5ccc(CCCN6CCCC6)cc5)nn34)cc2)cn1. The first-order chi connectivity index (χ1) is 17.7. The Morgan fingerprint density at radius 3 is 2.39 bits per heavy atom. The van der Waals surface area contributed by atoms with E-state index in [1.54, 1.807) is 0 Å². The Bertz CT molecular complexity index is 1440. The van der Waals surface area contributed by atoms with Crippen LogP contribution in [0, 0.1) is 0 Å². The Balaban J connectivity index is 1.15. The van der Waals surface area contributed by atoms with E-state index >= 15 is 0 Å². The fraction of sp³-hybridized carbons (Fsp3) is 0.276. The van der Waals surface area contributed by atoms with Gasteiger partial charge in [0.25, 0.3) is 0 Å². The third kappa shape index (κ3) is 4.88. The fourth-order valence-electron chi connectivity index (χ4n) is 4.98. The minimum absolute atomic E-state index is 0.594. The minimum atomic E-state index is 0.594. The van der Waals surface area contributed by atoms with Crippen LogP contribution in [0.2, 0.25) is 0 Å². The van der Waals surface area contributed by atoms with Gasteiger partial charge in [0.05, 0.1) is 11.9 Å². The van der Waals surface area contributed by atoms with Gasteiger partial charge in [-0.15, -0.1) is 5.10 Å². The number of likely N-dealkylation sites (tertiary alicyclic amines) is 1. The predicted molar refractivity (Wildman–Crippen MR) is 144 cm³/mol. The number of pyridine rings is 1. The van der Waals surface area contributed by atoms with Crippen LogP contribution in [-0.2, 0) is 13.5 Å². The number of aromatic nitrogens is 5. The first-order valence-electron chi connectivity index (χ1n) is 12.7. The highest BCUT2D eigenvalue weighted by molar-refractivity contribution is 5.70. The van der Waals surface area contributed by atoms with Gasteiger partial charge in [-0.2, -0.15) is 10.1 Å². The van der Waals surface area contributed by atoms with Crippen molar-refractivity contribution in [2.75, 3.05) is 25.0 Å². The standard InChI is InChI=1S/C29H31N7/c1-34-21-25(20-30-34)23-11-13-24(14-12-23)27-7-4-8-28-32-29(33-36(27)28)31-26-15-9-22(10-16-26)6-5-19-35-17-2-3-18-35/h4,7-16,20-21H,2-3,5-6,17-19H2,1H3,(H,31,33). The van der Waals surface area contributed by atoms with Crippen LogP contribution < -0.4 is 5.32 Å². The maximum atomic E-state index is 4.76. The van der Waals surface area contributed by atoms with Gasteiger partial charge in [-0.3, -0.25) is 4.68 Å². The van der Waals surface area contributed by atoms with Crippen molar-refractivity contribution in [3.05, 3.63) is 84.7 Å². The normalized spacial score (nSPS) is 14.0. The summed E-state index contributed by atoms with van der Waals surface area (Å²) in [6, 6.07) is 23.2. The summed E-state index contributed by atoms with van der Waals surface area (Å²) in [5.41, 5.74) is 7.51. The van der Waals surface area contributed by atoms with Gasteiger partial charge in [-0.25, -0.2) is 4.52 Å². The first kappa shape index (κ1) is 22.5. The Morgan fingerprint density at radius 1 is 0.861 bits per heavy atom. The highest BCUT2D eigenvalue weighted by Crippen LogP contribution is 2.26. The monoisotopic (exact) mass is 477 g/mol. The van der Waals surface area contributed by atoms with Crippen molar-refractivity contribution in [1.82, 2.24) is 29.3 Å². The van der Waals surface area contributed by atoms with Crippen LogP contribution in [0.3, 0.4) is 0 Å². The molecular formula is C29H31N7. The molecule has 5 aromatic rings. The third-order valence-electron chi connectivity index (χ3n) is 6.93. The molecule has 3 aromatic heterocycles. The largest absolute Gasteiger partial charge is 0.323 e. The van der Waals surface area contributed by atoms with Gasteiger partial charge in [-0.05, 0) is 80.7 Å². The second-order valence-corrected chi connectivity index (χ2v) is 9.57. The van der Waals surface area contributed by atoms with Crippen molar-refractivity contribution < 1.29 is 0 Å². The molecule has 0 unspecified atom stereocenters. The summed E-state index contributed by atoms with van der Waals surface area (Å²) in [7, 11) is 1.93. The lowest BCUT2D eigenvalue weighted by Crippen LogP contribution is -2.20. The topological polar surface area (TPSA) is 63.3 Å². The van der Waals surface area contributed by atoms with E-state index in [1.807, 2.05) is 40.8 Å². The molecule has 0 amide bonds. The number of fused-ring (bicyclic) bond motifs is 1. The van der Waals surface area contributed by atoms with Gasteiger partial charge in [0.15, 0.2) is 5.65 Å². The average molecular weight is 478 g/mol. The fourth-order valence-corrected chi connectivity index (χ4v) is 4.98. The summed E-state index contributed by atoms with van der Waals surface area (Å²) in [5.74, 6) is 0.594. The van der Waals surface area contributed by atoms with E-state index in [-0.39, 0.29) is 0 Å². The van der Waals surface area contributed by atoms with Crippen LogP contribution in [0.25, 0.3) is 28.0 Å². The number of nitrogens with one attached hydrogen (secondary N) is 1. The summed E-state index contributed by atoms with van der Waals surface area (Å²) >= 11 is 0. The molecule has 1 N–H and O–H groups in total. The second kappa shape index (κ2) is 9.95. The molecule has 36 heavy (non-hydrogen) atoms. The number of benzene rings is 2. The van der Waals surface area contributed by atoms with Gasteiger partial charge < -0.3 is 10.2 Å². The average Bonchev–Trinajstić information content (AvgIpc) is 3.66. The van der Waals surface area contributed by atoms with Crippen molar-refractivity contribution in [2.24, 2.45) is 7.05 Å². The molecule has 1 aliphatic rings. The molecule has 1 saturated heterocycles. The zero-order chi connectivity index (χ0) is 24.3. The molecule has 4 heterocycles. The van der Waals surface area contributed by atoms with Crippen LogP contribution in [0.15, 0.2) is 79.1 Å². The molecule has 0 radical (unpaired) electrons. The molecule has 1 fully saturated rings. The predicted octanol–water partition coefficient (Wildman–Crippen LogP) is 5.57. The number of aryl methyl sites for hydroxylation is 2. The Hall–Kier alpha value is -3.97. The lowest BCUT2D eigenvalue weighted by Gasteiger charge is -2.14. The van der Waals surface area contributed by atoms with Gasteiger partial charge in [0.2, 0.25) is 5.95 Å². The summed E-state index contributed by atoms with van der Waals surface area (Å²) in [4.78, 5) is 7.28. The van der Waals surface area contributed by atoms with E-state index in [9.17, 15) is 0 Å². The van der Waals surface area contributed by atoms with Crippen molar-refractivity contribution in [2.45, 2.75) is 25.7 Å². The molecule has 2 aromatic carbocycles. The molecule has 1 aliphatic heterocycles. The van der Waals surface area contributed by atoms with E-state index in [1.165, 1.54) is 44.5 Å². The van der Waals surface area contributed by atoms with Crippen LogP contribution >= 0.6 is 0 Å². The molecule has 0 atom stereocenters. The smallest absolute Gasteiger partial charge is 0.247 e. The molecule has 7 nitrogen and oxygen atoms in total. The lowest BCUT2D eigenvalue weighted by atomic mass is 10.1. The Kier molecular flexibility index (Phi) is 6.22. The number of anilines is 2. The summed E-state index contributed by atoms with van der Waals surface area (Å²) in [6.45, 7) is 3.75. The maximum absolute atomic E-state index is 4.76. The van der Waals surface area contributed by atoms with Gasteiger partial charge >= 0.3 is 0 Å². The van der Waals surface area contributed by atoms with E-state index in [2.05, 4.69) is 69.9 Å². The van der Waals surface area contributed by atoms with Gasteiger partial charge in [0.1, 0.15) is 0 Å². The van der Waals surface area contributed by atoms with Crippen molar-refractivity contribution >= 4 is 17.3 Å². The Morgan fingerprint density at radius 2 is 1.64 bits per heavy atom. The molecule has 7 heteroatoms. The van der Waals surface area contributed by atoms with E-state index < -0.39 is 0 Å². The Labute approximate surface area is 211 Å². The number of hydrogen-bond acceptors (Lipinski definition) is 5. The summed E-state index contributed by atoms with van der Waals surface area (Å²) in [5, 5.41) is 12.4. The molecular weight excluding hydrogens is 446 g/mol. The van der Waals surface area contributed by atoms with E-state index in [0.29, 0.717) is 5.95 Å². The molecule has 0 bridgehead atoms. The third-order valence-corrected chi connectivity index (χ3v) is 6.93. The first-order valence-corrected chi connectivity index (χ1v) is 12.7. The zero-order valence-electron chi connectivity index (χ0n) is 20.6. The lowest BCUT2D eigenvalue weighted by molar-refractivity contribution is 0.334. The van der Waals surface area contributed by atoms with Crippen LogP contribution in [0.4, 0.5) is 11.6 Å². The van der Waals surface area contributed by atoms with Crippen molar-refractivity contribution in [3.8, 4) is 22.4 Å². The van der Waals surface area contributed by atoms with Gasteiger partial charge in [-0.1, -0.05) is 42.5 Å². The number of hydrogen-bond donors (Lipinski definition) is 1. The van der Waals surface area contributed by atoms with Crippen molar-refractivity contribution in [1.29, 1.82) is 0 Å². The summed E-state index contributed by atoms with van der Waals surface area (Å²) < 4.78 is 3.71. The summed E-state index contributed by atoms with van der Waals surface area (Å²) in [6.07, 6.45) is 8.95. The minimum Gasteiger partial charge on any atom is -0.323 e. The van der Waals surface area contributed by atoms with E-state index in [0.717, 1.165) is 40.1 Å². The van der Waals surface area contributed by atoms with Crippen LogP contribution in [0.1, 0.15) is 24.8 Å².